The van der Waals surface area contributed by atoms with E-state index in [1.165, 1.54) is 96.3 Å². The summed E-state index contributed by atoms with van der Waals surface area (Å²) < 4.78 is 0. The Morgan fingerprint density at radius 2 is 0.690 bits per heavy atom. The lowest BCUT2D eigenvalue weighted by atomic mass is 9.92. The van der Waals surface area contributed by atoms with E-state index in [1.54, 1.807) is 0 Å². The molecular weight excluding hydrogens is 348 g/mol. The predicted molar refractivity (Wildman–Crippen MR) is 138 cm³/mol. The van der Waals surface area contributed by atoms with Gasteiger partial charge in [-0.05, 0) is 29.6 Å². The van der Waals surface area contributed by atoms with E-state index in [0.29, 0.717) is 0 Å². The summed E-state index contributed by atoms with van der Waals surface area (Å²) in [6.07, 6.45) is 21.4. The minimum absolute atomic E-state index is 0.885. The molecule has 0 aliphatic carbocycles. The maximum Gasteiger partial charge on any atom is -0.0443 e. The normalized spacial score (nSPS) is 14.6. The molecule has 0 N–H and O–H groups in total. The van der Waals surface area contributed by atoms with E-state index in [9.17, 15) is 0 Å². The molecule has 0 aliphatic rings. The molecule has 0 aromatic rings. The van der Waals surface area contributed by atoms with Crippen LogP contribution in [0.2, 0.25) is 0 Å². The van der Waals surface area contributed by atoms with Crippen molar-refractivity contribution in [2.24, 2.45) is 29.6 Å². The first kappa shape index (κ1) is 31.2. The molecule has 0 aromatic heterocycles. The molecule has 0 aliphatic heterocycles. The van der Waals surface area contributed by atoms with E-state index in [4.69, 9.17) is 0 Å². The third-order valence-corrected chi connectivity index (χ3v) is 6.43. The molecule has 0 heterocycles. The van der Waals surface area contributed by atoms with Crippen molar-refractivity contribution in [1.29, 1.82) is 0 Å². The molecule has 0 aromatic carbocycles. The summed E-state index contributed by atoms with van der Waals surface area (Å²) in [6.45, 7) is 21.1. The number of unbranched alkanes of at least 4 members (excludes halogenated alkanes) is 2. The van der Waals surface area contributed by atoms with E-state index in [0.717, 1.165) is 29.6 Å². The van der Waals surface area contributed by atoms with E-state index in [-0.39, 0.29) is 0 Å². The molecule has 0 saturated heterocycles. The lowest BCUT2D eigenvalue weighted by molar-refractivity contribution is 0.387. The Hall–Kier alpha value is 0. The SMILES string of the molecule is CCCCC[C@H](C)CCC[C@@H](C)CCCC(C)C.CCC[C@H](C)CCCC(C)C. The van der Waals surface area contributed by atoms with Gasteiger partial charge >= 0.3 is 0 Å². The zero-order valence-corrected chi connectivity index (χ0v) is 22.5. The molecule has 0 bridgehead atoms. The number of rotatable bonds is 18. The van der Waals surface area contributed by atoms with Crippen LogP contribution in [0, 0.1) is 29.6 Å². The Labute approximate surface area is 188 Å². The molecule has 0 fully saturated rings. The summed E-state index contributed by atoms with van der Waals surface area (Å²) in [5, 5.41) is 0. The minimum Gasteiger partial charge on any atom is -0.0654 e. The fourth-order valence-electron chi connectivity index (χ4n) is 4.23. The smallest absolute Gasteiger partial charge is 0.0443 e. The van der Waals surface area contributed by atoms with Gasteiger partial charge in [0.05, 0.1) is 0 Å². The molecule has 0 rings (SSSR count). The largest absolute Gasteiger partial charge is 0.0654 e. The van der Waals surface area contributed by atoms with Crippen molar-refractivity contribution in [3.05, 3.63) is 0 Å². The first-order valence-corrected chi connectivity index (χ1v) is 13.7. The molecule has 3 atom stereocenters. The third-order valence-electron chi connectivity index (χ3n) is 6.43. The minimum atomic E-state index is 0.885. The Kier molecular flexibility index (Phi) is 24.4. The van der Waals surface area contributed by atoms with Gasteiger partial charge in [0, 0.05) is 0 Å². The summed E-state index contributed by atoms with van der Waals surface area (Å²) in [6, 6.07) is 0. The Morgan fingerprint density at radius 3 is 1.03 bits per heavy atom. The van der Waals surface area contributed by atoms with Crippen LogP contribution in [0.4, 0.5) is 0 Å². The highest BCUT2D eigenvalue weighted by Crippen LogP contribution is 2.21. The quantitative estimate of drug-likeness (QED) is 0.197. The highest BCUT2D eigenvalue weighted by molar-refractivity contribution is 4.59. The molecule has 178 valence electrons. The molecule has 0 unspecified atom stereocenters. The van der Waals surface area contributed by atoms with Gasteiger partial charge in [0.15, 0.2) is 0 Å². The maximum atomic E-state index is 2.45. The highest BCUT2D eigenvalue weighted by Gasteiger charge is 2.06. The van der Waals surface area contributed by atoms with Gasteiger partial charge in [-0.3, -0.25) is 0 Å². The van der Waals surface area contributed by atoms with Gasteiger partial charge in [-0.2, -0.15) is 0 Å². The van der Waals surface area contributed by atoms with Gasteiger partial charge in [0.25, 0.3) is 0 Å². The number of hydrogen-bond acceptors (Lipinski definition) is 0. The van der Waals surface area contributed by atoms with E-state index >= 15 is 0 Å². The summed E-state index contributed by atoms with van der Waals surface area (Å²) in [4.78, 5) is 0. The van der Waals surface area contributed by atoms with Crippen LogP contribution in [0.5, 0.6) is 0 Å². The van der Waals surface area contributed by atoms with Crippen molar-refractivity contribution in [1.82, 2.24) is 0 Å². The van der Waals surface area contributed by atoms with Crippen molar-refractivity contribution >= 4 is 0 Å². The van der Waals surface area contributed by atoms with Crippen LogP contribution < -0.4 is 0 Å². The van der Waals surface area contributed by atoms with E-state index in [1.807, 2.05) is 0 Å². The Morgan fingerprint density at radius 1 is 0.345 bits per heavy atom. The molecule has 29 heavy (non-hydrogen) atoms. The van der Waals surface area contributed by atoms with Crippen LogP contribution in [0.25, 0.3) is 0 Å². The second kappa shape index (κ2) is 22.7. The second-order valence-corrected chi connectivity index (χ2v) is 11.2. The maximum absolute atomic E-state index is 2.45. The van der Waals surface area contributed by atoms with Gasteiger partial charge in [0.2, 0.25) is 0 Å². The summed E-state index contributed by atoms with van der Waals surface area (Å²) >= 11 is 0. The third kappa shape index (κ3) is 28.0. The van der Waals surface area contributed by atoms with Crippen LogP contribution in [0.1, 0.15) is 159 Å². The fraction of sp³-hybridized carbons (Fsp3) is 1.00. The first-order chi connectivity index (χ1) is 13.7. The predicted octanol–water partition coefficient (Wildman–Crippen LogP) is 11.1. The van der Waals surface area contributed by atoms with Crippen molar-refractivity contribution in [2.75, 3.05) is 0 Å². The standard InChI is InChI=1S/C18H38.C11H24/c1-6-7-8-12-17(4)14-10-15-18(5)13-9-11-16(2)3;1-5-7-11(4)9-6-8-10(2)3/h16-18H,6-15H2,1-5H3;10-11H,5-9H2,1-4H3/t17-,18-;11-/m00/s1. The van der Waals surface area contributed by atoms with Crippen LogP contribution in [-0.2, 0) is 0 Å². The monoisotopic (exact) mass is 410 g/mol. The van der Waals surface area contributed by atoms with Crippen molar-refractivity contribution in [3.63, 3.8) is 0 Å². The zero-order chi connectivity index (χ0) is 22.5. The van der Waals surface area contributed by atoms with Gasteiger partial charge in [-0.1, -0.05) is 159 Å². The molecule has 0 heteroatoms. The number of hydrogen-bond donors (Lipinski definition) is 0. The zero-order valence-electron chi connectivity index (χ0n) is 22.5. The molecule has 0 amide bonds. The van der Waals surface area contributed by atoms with Crippen molar-refractivity contribution in [2.45, 2.75) is 159 Å². The lowest BCUT2D eigenvalue weighted by Crippen LogP contribution is -2.00. The van der Waals surface area contributed by atoms with Crippen molar-refractivity contribution < 1.29 is 0 Å². The van der Waals surface area contributed by atoms with Gasteiger partial charge in [-0.15, -0.1) is 0 Å². The summed E-state index contributed by atoms with van der Waals surface area (Å²) in [7, 11) is 0. The van der Waals surface area contributed by atoms with Crippen LogP contribution in [0.3, 0.4) is 0 Å². The van der Waals surface area contributed by atoms with Crippen LogP contribution in [-0.4, -0.2) is 0 Å². The topological polar surface area (TPSA) is 0 Å². The van der Waals surface area contributed by atoms with Gasteiger partial charge < -0.3 is 0 Å². The van der Waals surface area contributed by atoms with Crippen LogP contribution in [0.15, 0.2) is 0 Å². The average molecular weight is 411 g/mol. The molecule has 0 saturated carbocycles. The first-order valence-electron chi connectivity index (χ1n) is 13.7. The van der Waals surface area contributed by atoms with Gasteiger partial charge in [0.1, 0.15) is 0 Å². The molecular formula is C29H62. The lowest BCUT2D eigenvalue weighted by Gasteiger charge is -2.14. The van der Waals surface area contributed by atoms with Crippen molar-refractivity contribution in [3.8, 4) is 0 Å². The Bertz CT molecular complexity index is 290. The highest BCUT2D eigenvalue weighted by atomic mass is 14.1. The second-order valence-electron chi connectivity index (χ2n) is 11.2. The van der Waals surface area contributed by atoms with E-state index < -0.39 is 0 Å². The van der Waals surface area contributed by atoms with Crippen LogP contribution >= 0.6 is 0 Å². The molecule has 0 spiro atoms. The Balaban J connectivity index is 0. The fourth-order valence-corrected chi connectivity index (χ4v) is 4.23. The average Bonchev–Trinajstić information content (AvgIpc) is 2.62. The van der Waals surface area contributed by atoms with E-state index in [2.05, 4.69) is 62.3 Å². The summed E-state index contributed by atoms with van der Waals surface area (Å²) in [5.74, 6) is 4.64. The molecule has 0 nitrogen and oxygen atoms in total. The van der Waals surface area contributed by atoms with Gasteiger partial charge in [-0.25, -0.2) is 0 Å². The molecule has 0 radical (unpaired) electrons. The summed E-state index contributed by atoms with van der Waals surface area (Å²) in [5.41, 5.74) is 0.